The molecule has 2 unspecified atom stereocenters. The number of hydrogen-bond donors (Lipinski definition) is 1. The summed E-state index contributed by atoms with van der Waals surface area (Å²) in [4.78, 5) is 2.12. The van der Waals surface area contributed by atoms with Crippen LogP contribution in [0.3, 0.4) is 0 Å². The van der Waals surface area contributed by atoms with Crippen LogP contribution in [0.4, 0.5) is 0 Å². The van der Waals surface area contributed by atoms with Crippen LogP contribution in [0.5, 0.6) is 0 Å². The van der Waals surface area contributed by atoms with Gasteiger partial charge in [-0.15, -0.1) is 0 Å². The first kappa shape index (κ1) is 16.9. The highest BCUT2D eigenvalue weighted by molar-refractivity contribution is 7.90. The van der Waals surface area contributed by atoms with Crippen LogP contribution in [0, 0.1) is 5.92 Å². The van der Waals surface area contributed by atoms with Gasteiger partial charge in [-0.2, -0.15) is 0 Å². The largest absolute Gasteiger partial charge is 0.378 e. The lowest BCUT2D eigenvalue weighted by atomic mass is 9.82. The van der Waals surface area contributed by atoms with Crippen molar-refractivity contribution in [2.24, 2.45) is 11.7 Å². The summed E-state index contributed by atoms with van der Waals surface area (Å²) in [5.41, 5.74) is 5.87. The second kappa shape index (κ2) is 6.52. The number of ether oxygens (including phenoxy) is 1. The number of hydrogen-bond acceptors (Lipinski definition) is 5. The number of nitrogens with zero attached hydrogens (tertiary/aromatic N) is 1. The zero-order valence-corrected chi connectivity index (χ0v) is 13.4. The minimum atomic E-state index is -2.94. The Hall–Kier alpha value is -0.170. The third kappa shape index (κ3) is 4.70. The minimum absolute atomic E-state index is 0.127. The van der Waals surface area contributed by atoms with Gasteiger partial charge in [0.1, 0.15) is 9.84 Å². The molecular weight excluding hydrogens is 264 g/mol. The van der Waals surface area contributed by atoms with Crippen molar-refractivity contribution in [2.75, 3.05) is 38.8 Å². The first-order chi connectivity index (χ1) is 8.70. The fourth-order valence-corrected chi connectivity index (χ4v) is 3.20. The van der Waals surface area contributed by atoms with Gasteiger partial charge < -0.3 is 10.5 Å². The van der Waals surface area contributed by atoms with Crippen LogP contribution in [-0.2, 0) is 14.6 Å². The first-order valence-electron chi connectivity index (χ1n) is 6.91. The van der Waals surface area contributed by atoms with Crippen LogP contribution in [0.15, 0.2) is 0 Å². The maximum Gasteiger partial charge on any atom is 0.148 e. The third-order valence-electron chi connectivity index (χ3n) is 4.21. The number of likely N-dealkylation sites (N-methyl/N-ethyl adjacent to an activating group) is 1. The van der Waals surface area contributed by atoms with Gasteiger partial charge >= 0.3 is 0 Å². The topological polar surface area (TPSA) is 72.6 Å². The molecule has 114 valence electrons. The Morgan fingerprint density at radius 2 is 2.11 bits per heavy atom. The van der Waals surface area contributed by atoms with E-state index in [0.717, 1.165) is 12.8 Å². The standard InChI is InChI=1S/C13H28N2O3S/c1-11(2)12-9-13(10-14,5-7-18-12)15(3)6-8-19(4,16)17/h11-12H,5-10,14H2,1-4H3. The summed E-state index contributed by atoms with van der Waals surface area (Å²) in [5.74, 6) is 0.632. The van der Waals surface area contributed by atoms with Gasteiger partial charge in [0.2, 0.25) is 0 Å². The first-order valence-corrected chi connectivity index (χ1v) is 8.97. The Morgan fingerprint density at radius 3 is 2.58 bits per heavy atom. The lowest BCUT2D eigenvalue weighted by Gasteiger charge is -2.47. The number of nitrogens with two attached hydrogens (primary N) is 1. The molecule has 1 heterocycles. The predicted molar refractivity (Wildman–Crippen MR) is 77.9 cm³/mol. The molecule has 5 nitrogen and oxygen atoms in total. The monoisotopic (exact) mass is 292 g/mol. The van der Waals surface area contributed by atoms with Crippen molar-refractivity contribution in [3.8, 4) is 0 Å². The Balaban J connectivity index is 2.73. The second-order valence-electron chi connectivity index (χ2n) is 6.09. The van der Waals surface area contributed by atoms with E-state index >= 15 is 0 Å². The summed E-state index contributed by atoms with van der Waals surface area (Å²) in [5, 5.41) is 0. The van der Waals surface area contributed by atoms with Crippen LogP contribution in [0.25, 0.3) is 0 Å². The maximum atomic E-state index is 11.3. The van der Waals surface area contributed by atoms with E-state index in [9.17, 15) is 8.42 Å². The average Bonchev–Trinajstić information content (AvgIpc) is 2.34. The van der Waals surface area contributed by atoms with Gasteiger partial charge in [0.25, 0.3) is 0 Å². The van der Waals surface area contributed by atoms with Crippen molar-refractivity contribution < 1.29 is 13.2 Å². The molecule has 19 heavy (non-hydrogen) atoms. The van der Waals surface area contributed by atoms with Crippen LogP contribution in [0.2, 0.25) is 0 Å². The maximum absolute atomic E-state index is 11.3. The molecule has 0 amide bonds. The molecule has 2 N–H and O–H groups in total. The zero-order chi connectivity index (χ0) is 14.7. The van der Waals surface area contributed by atoms with E-state index in [2.05, 4.69) is 18.7 Å². The molecule has 0 spiro atoms. The Kier molecular flexibility index (Phi) is 5.79. The van der Waals surface area contributed by atoms with E-state index < -0.39 is 9.84 Å². The molecule has 1 fully saturated rings. The molecule has 0 bridgehead atoms. The molecule has 0 aromatic carbocycles. The predicted octanol–water partition coefficient (Wildman–Crippen LogP) is 0.495. The van der Waals surface area contributed by atoms with Crippen LogP contribution in [0.1, 0.15) is 26.7 Å². The molecule has 0 aromatic heterocycles. The molecule has 6 heteroatoms. The molecule has 1 saturated heterocycles. The van der Waals surface area contributed by atoms with Crippen molar-refractivity contribution in [1.29, 1.82) is 0 Å². The van der Waals surface area contributed by atoms with E-state index in [0.29, 0.717) is 25.6 Å². The Bertz CT molecular complexity index is 383. The van der Waals surface area contributed by atoms with Crippen molar-refractivity contribution in [3.63, 3.8) is 0 Å². The second-order valence-corrected chi connectivity index (χ2v) is 8.35. The summed E-state index contributed by atoms with van der Waals surface area (Å²) < 4.78 is 28.4. The molecule has 0 radical (unpaired) electrons. The van der Waals surface area contributed by atoms with Gasteiger partial charge in [0.05, 0.1) is 11.9 Å². The van der Waals surface area contributed by atoms with Crippen molar-refractivity contribution in [2.45, 2.75) is 38.3 Å². The number of sulfone groups is 1. The molecule has 1 aliphatic heterocycles. The SMILES string of the molecule is CC(C)C1CC(CN)(N(C)CCS(C)(=O)=O)CCO1. The van der Waals surface area contributed by atoms with Gasteiger partial charge in [-0.05, 0) is 25.8 Å². The van der Waals surface area contributed by atoms with Crippen LogP contribution >= 0.6 is 0 Å². The molecule has 1 aliphatic rings. The minimum Gasteiger partial charge on any atom is -0.378 e. The summed E-state index contributed by atoms with van der Waals surface area (Å²) in [6.45, 7) is 6.06. The smallest absolute Gasteiger partial charge is 0.148 e. The van der Waals surface area contributed by atoms with E-state index in [-0.39, 0.29) is 17.4 Å². The van der Waals surface area contributed by atoms with E-state index in [4.69, 9.17) is 10.5 Å². The van der Waals surface area contributed by atoms with Crippen LogP contribution < -0.4 is 5.73 Å². The molecular formula is C13H28N2O3S. The summed E-state index contributed by atoms with van der Waals surface area (Å²) >= 11 is 0. The quantitative estimate of drug-likeness (QED) is 0.771. The highest BCUT2D eigenvalue weighted by Crippen LogP contribution is 2.32. The molecule has 1 rings (SSSR count). The Morgan fingerprint density at radius 1 is 1.47 bits per heavy atom. The molecule has 2 atom stereocenters. The lowest BCUT2D eigenvalue weighted by molar-refractivity contribution is -0.0801. The Labute approximate surface area is 117 Å². The van der Waals surface area contributed by atoms with Gasteiger partial charge in [-0.1, -0.05) is 13.8 Å². The fraction of sp³-hybridized carbons (Fsp3) is 1.00. The molecule has 0 aliphatic carbocycles. The van der Waals surface area contributed by atoms with Gasteiger partial charge in [-0.3, -0.25) is 4.90 Å². The number of rotatable bonds is 6. The van der Waals surface area contributed by atoms with Gasteiger partial charge in [0, 0.05) is 31.5 Å². The third-order valence-corrected chi connectivity index (χ3v) is 5.14. The fourth-order valence-electron chi connectivity index (χ4n) is 2.59. The average molecular weight is 292 g/mol. The molecule has 0 saturated carbocycles. The summed E-state index contributed by atoms with van der Waals surface area (Å²) in [7, 11) is -0.963. The van der Waals surface area contributed by atoms with Crippen molar-refractivity contribution >= 4 is 9.84 Å². The van der Waals surface area contributed by atoms with Crippen molar-refractivity contribution in [1.82, 2.24) is 4.90 Å². The van der Waals surface area contributed by atoms with Crippen LogP contribution in [-0.4, -0.2) is 63.7 Å². The van der Waals surface area contributed by atoms with Crippen molar-refractivity contribution in [3.05, 3.63) is 0 Å². The molecule has 0 aromatic rings. The van der Waals surface area contributed by atoms with E-state index in [1.165, 1.54) is 6.26 Å². The lowest BCUT2D eigenvalue weighted by Crippen LogP contribution is -2.58. The normalized spacial score (nSPS) is 29.1. The zero-order valence-electron chi connectivity index (χ0n) is 12.6. The van der Waals surface area contributed by atoms with E-state index in [1.54, 1.807) is 0 Å². The van der Waals surface area contributed by atoms with Gasteiger partial charge in [-0.25, -0.2) is 8.42 Å². The highest BCUT2D eigenvalue weighted by Gasteiger charge is 2.40. The highest BCUT2D eigenvalue weighted by atomic mass is 32.2. The summed E-state index contributed by atoms with van der Waals surface area (Å²) in [6.07, 6.45) is 3.23. The summed E-state index contributed by atoms with van der Waals surface area (Å²) in [6, 6.07) is 0. The van der Waals surface area contributed by atoms with Gasteiger partial charge in [0.15, 0.2) is 0 Å². The van der Waals surface area contributed by atoms with E-state index in [1.807, 2.05) is 7.05 Å².